The Morgan fingerprint density at radius 1 is 1.30 bits per heavy atom. The van der Waals surface area contributed by atoms with Gasteiger partial charge in [-0.2, -0.15) is 0 Å². The van der Waals surface area contributed by atoms with E-state index in [0.717, 1.165) is 19.5 Å². The molecule has 1 aliphatic rings. The van der Waals surface area contributed by atoms with Crippen molar-refractivity contribution in [2.45, 2.75) is 31.9 Å². The molecule has 1 saturated heterocycles. The number of methoxy groups -OCH3 is 1. The van der Waals surface area contributed by atoms with Gasteiger partial charge in [0.15, 0.2) is 0 Å². The molecule has 1 unspecified atom stereocenters. The average molecular weight is 278 g/mol. The molecule has 1 atom stereocenters. The Hall–Kier alpha value is -1.10. The molecule has 0 amide bonds. The first kappa shape index (κ1) is 15.3. The van der Waals surface area contributed by atoms with Gasteiger partial charge in [-0.05, 0) is 37.4 Å². The molecule has 1 aromatic carbocycles. The van der Waals surface area contributed by atoms with Crippen LogP contribution in [0.2, 0.25) is 0 Å². The summed E-state index contributed by atoms with van der Waals surface area (Å²) in [4.78, 5) is 2.47. The fraction of sp³-hybridized carbons (Fsp3) is 0.625. The van der Waals surface area contributed by atoms with Crippen molar-refractivity contribution < 1.29 is 9.84 Å². The maximum atomic E-state index is 9.60. The van der Waals surface area contributed by atoms with E-state index in [9.17, 15) is 5.11 Å². The summed E-state index contributed by atoms with van der Waals surface area (Å²) in [6, 6.07) is 8.60. The van der Waals surface area contributed by atoms with Crippen LogP contribution in [0.15, 0.2) is 24.3 Å². The minimum absolute atomic E-state index is 0.374. The Bertz CT molecular complexity index is 392. The number of nitrogens with zero attached hydrogens (tertiary/aromatic N) is 1. The zero-order chi connectivity index (χ0) is 14.2. The van der Waals surface area contributed by atoms with Crippen molar-refractivity contribution in [1.82, 2.24) is 5.32 Å². The summed E-state index contributed by atoms with van der Waals surface area (Å²) in [7, 11) is 1.61. The molecule has 1 heterocycles. The molecule has 0 aromatic heterocycles. The normalized spacial score (nSPS) is 16.6. The number of nitrogens with one attached hydrogen (secondary N) is 1. The van der Waals surface area contributed by atoms with Gasteiger partial charge in [0, 0.05) is 32.4 Å². The summed E-state index contributed by atoms with van der Waals surface area (Å²) < 4.78 is 4.92. The number of anilines is 1. The number of benzene rings is 1. The van der Waals surface area contributed by atoms with E-state index < -0.39 is 0 Å². The van der Waals surface area contributed by atoms with Crippen LogP contribution in [0.25, 0.3) is 0 Å². The van der Waals surface area contributed by atoms with Crippen LogP contribution in [-0.4, -0.2) is 44.6 Å². The average Bonchev–Trinajstić information content (AvgIpc) is 2.98. The maximum Gasteiger partial charge on any atom is 0.0785 e. The molecule has 0 radical (unpaired) electrons. The number of ether oxygens (including phenoxy) is 1. The predicted molar refractivity (Wildman–Crippen MR) is 82.1 cm³/mol. The number of aliphatic hydroxyl groups excluding tert-OH is 1. The third kappa shape index (κ3) is 4.47. The van der Waals surface area contributed by atoms with E-state index in [0.29, 0.717) is 6.61 Å². The highest BCUT2D eigenvalue weighted by Crippen LogP contribution is 2.24. The summed E-state index contributed by atoms with van der Waals surface area (Å²) in [6.45, 7) is 4.41. The zero-order valence-electron chi connectivity index (χ0n) is 12.3. The first-order chi connectivity index (χ1) is 9.81. The molecule has 4 nitrogen and oxygen atoms in total. The molecule has 1 aliphatic heterocycles. The van der Waals surface area contributed by atoms with Gasteiger partial charge in [0.25, 0.3) is 0 Å². The van der Waals surface area contributed by atoms with E-state index in [1.807, 2.05) is 0 Å². The van der Waals surface area contributed by atoms with Crippen molar-refractivity contribution in [3.05, 3.63) is 29.8 Å². The van der Waals surface area contributed by atoms with Crippen molar-refractivity contribution >= 4 is 5.69 Å². The van der Waals surface area contributed by atoms with Gasteiger partial charge in [-0.25, -0.2) is 0 Å². The summed E-state index contributed by atoms with van der Waals surface area (Å²) in [5.41, 5.74) is 2.70. The molecular formula is C16H26N2O2. The van der Waals surface area contributed by atoms with Crippen LogP contribution in [0.4, 0.5) is 5.69 Å². The van der Waals surface area contributed by atoms with Crippen LogP contribution in [0.3, 0.4) is 0 Å². The van der Waals surface area contributed by atoms with E-state index in [-0.39, 0.29) is 6.10 Å². The molecule has 1 fully saturated rings. The number of hydrogen-bond acceptors (Lipinski definition) is 4. The molecule has 1 aromatic rings. The molecule has 0 spiro atoms. The van der Waals surface area contributed by atoms with E-state index in [1.54, 1.807) is 7.11 Å². The Morgan fingerprint density at radius 2 is 2.05 bits per heavy atom. The smallest absolute Gasteiger partial charge is 0.0785 e. The van der Waals surface area contributed by atoms with Crippen molar-refractivity contribution in [3.63, 3.8) is 0 Å². The zero-order valence-corrected chi connectivity index (χ0v) is 12.3. The quantitative estimate of drug-likeness (QED) is 0.712. The van der Waals surface area contributed by atoms with Gasteiger partial charge >= 0.3 is 0 Å². The van der Waals surface area contributed by atoms with Gasteiger partial charge in [-0.3, -0.25) is 0 Å². The molecule has 2 rings (SSSR count). The number of aliphatic hydroxyl groups is 1. The lowest BCUT2D eigenvalue weighted by atomic mass is 10.1. The monoisotopic (exact) mass is 278 g/mol. The first-order valence-electron chi connectivity index (χ1n) is 7.52. The van der Waals surface area contributed by atoms with E-state index in [4.69, 9.17) is 4.74 Å². The van der Waals surface area contributed by atoms with Gasteiger partial charge < -0.3 is 20.1 Å². The van der Waals surface area contributed by atoms with Gasteiger partial charge in [0.1, 0.15) is 0 Å². The molecule has 4 heteroatoms. The topological polar surface area (TPSA) is 44.7 Å². The highest BCUT2D eigenvalue weighted by molar-refractivity contribution is 5.54. The molecular weight excluding hydrogens is 252 g/mol. The Morgan fingerprint density at radius 3 is 2.80 bits per heavy atom. The molecule has 0 aliphatic carbocycles. The van der Waals surface area contributed by atoms with Crippen molar-refractivity contribution in [2.24, 2.45) is 0 Å². The lowest BCUT2D eigenvalue weighted by Gasteiger charge is -2.21. The molecule has 2 N–H and O–H groups in total. The highest BCUT2D eigenvalue weighted by atomic mass is 16.5. The van der Waals surface area contributed by atoms with Crippen molar-refractivity contribution in [1.29, 1.82) is 0 Å². The van der Waals surface area contributed by atoms with Gasteiger partial charge in [-0.1, -0.05) is 18.2 Å². The summed E-state index contributed by atoms with van der Waals surface area (Å²) >= 11 is 0. The third-order valence-electron chi connectivity index (χ3n) is 3.77. The van der Waals surface area contributed by atoms with E-state index in [2.05, 4.69) is 34.5 Å². The standard InChI is InChI=1S/C16H26N2O2/c1-20-13-15(19)8-9-17-12-14-6-2-3-7-16(14)18-10-4-5-11-18/h2-3,6-7,15,17,19H,4-5,8-13H2,1H3. The minimum atomic E-state index is -0.374. The van der Waals surface area contributed by atoms with Crippen LogP contribution in [0, 0.1) is 0 Å². The van der Waals surface area contributed by atoms with Crippen LogP contribution in [0.1, 0.15) is 24.8 Å². The second-order valence-corrected chi connectivity index (χ2v) is 5.40. The largest absolute Gasteiger partial charge is 0.391 e. The molecule has 112 valence electrons. The van der Waals surface area contributed by atoms with Crippen LogP contribution < -0.4 is 10.2 Å². The lowest BCUT2D eigenvalue weighted by molar-refractivity contribution is 0.0594. The predicted octanol–water partition coefficient (Wildman–Crippen LogP) is 1.77. The molecule has 0 saturated carbocycles. The second-order valence-electron chi connectivity index (χ2n) is 5.40. The van der Waals surface area contributed by atoms with Crippen molar-refractivity contribution in [3.8, 4) is 0 Å². The Labute approximate surface area is 121 Å². The summed E-state index contributed by atoms with van der Waals surface area (Å²) in [6.07, 6.45) is 2.94. The van der Waals surface area contributed by atoms with E-state index >= 15 is 0 Å². The van der Waals surface area contributed by atoms with Crippen LogP contribution >= 0.6 is 0 Å². The van der Waals surface area contributed by atoms with Crippen LogP contribution in [-0.2, 0) is 11.3 Å². The Kier molecular flexibility index (Phi) is 6.30. The molecule has 20 heavy (non-hydrogen) atoms. The number of hydrogen-bond donors (Lipinski definition) is 2. The maximum absolute atomic E-state index is 9.60. The Balaban J connectivity index is 1.80. The van der Waals surface area contributed by atoms with Crippen LogP contribution in [0.5, 0.6) is 0 Å². The summed E-state index contributed by atoms with van der Waals surface area (Å²) in [5, 5.41) is 13.0. The van der Waals surface area contributed by atoms with Gasteiger partial charge in [0.05, 0.1) is 12.7 Å². The fourth-order valence-electron chi connectivity index (χ4n) is 2.69. The van der Waals surface area contributed by atoms with Gasteiger partial charge in [-0.15, -0.1) is 0 Å². The number of rotatable bonds is 8. The highest BCUT2D eigenvalue weighted by Gasteiger charge is 2.14. The SMILES string of the molecule is COCC(O)CCNCc1ccccc1N1CCCC1. The minimum Gasteiger partial charge on any atom is -0.391 e. The lowest BCUT2D eigenvalue weighted by Crippen LogP contribution is -2.25. The summed E-state index contributed by atoms with van der Waals surface area (Å²) in [5.74, 6) is 0. The number of para-hydroxylation sites is 1. The van der Waals surface area contributed by atoms with Crippen molar-refractivity contribution in [2.75, 3.05) is 38.3 Å². The van der Waals surface area contributed by atoms with Gasteiger partial charge in [0.2, 0.25) is 0 Å². The molecule has 0 bridgehead atoms. The fourth-order valence-corrected chi connectivity index (χ4v) is 2.69. The second kappa shape index (κ2) is 8.25. The third-order valence-corrected chi connectivity index (χ3v) is 3.77. The first-order valence-corrected chi connectivity index (χ1v) is 7.52. The van der Waals surface area contributed by atoms with E-state index in [1.165, 1.54) is 37.2 Å².